The Labute approximate surface area is 89.5 Å². The van der Waals surface area contributed by atoms with E-state index in [9.17, 15) is 4.79 Å². The van der Waals surface area contributed by atoms with Crippen molar-refractivity contribution < 1.29 is 4.79 Å². The molecule has 0 unspecified atom stereocenters. The molecule has 1 heterocycles. The predicted molar refractivity (Wildman–Crippen MR) is 59.3 cm³/mol. The highest BCUT2D eigenvalue weighted by atomic mass is 16.1. The molecule has 5 heteroatoms. The summed E-state index contributed by atoms with van der Waals surface area (Å²) in [5, 5.41) is 0. The highest BCUT2D eigenvalue weighted by molar-refractivity contribution is 5.95. The van der Waals surface area contributed by atoms with E-state index in [2.05, 4.69) is 11.9 Å². The van der Waals surface area contributed by atoms with E-state index in [-0.39, 0.29) is 5.82 Å². The highest BCUT2D eigenvalue weighted by Gasteiger charge is 2.12. The summed E-state index contributed by atoms with van der Waals surface area (Å²) in [6.45, 7) is 2.91. The minimum atomic E-state index is -0.513. The van der Waals surface area contributed by atoms with Crippen LogP contribution in [-0.4, -0.2) is 15.5 Å². The summed E-state index contributed by atoms with van der Waals surface area (Å²) in [4.78, 5) is 15.0. The van der Waals surface area contributed by atoms with E-state index in [0.29, 0.717) is 5.69 Å². The Morgan fingerprint density at radius 3 is 2.80 bits per heavy atom. The van der Waals surface area contributed by atoms with Crippen molar-refractivity contribution in [1.29, 1.82) is 0 Å². The fraction of sp³-hybridized carbons (Fsp3) is 0.600. The van der Waals surface area contributed by atoms with E-state index in [1.165, 1.54) is 12.8 Å². The van der Waals surface area contributed by atoms with Gasteiger partial charge in [0.2, 0.25) is 0 Å². The van der Waals surface area contributed by atoms with Gasteiger partial charge in [0.1, 0.15) is 0 Å². The number of hydrogen-bond donors (Lipinski definition) is 2. The van der Waals surface area contributed by atoms with Crippen LogP contribution in [0.1, 0.15) is 43.1 Å². The average Bonchev–Trinajstić information content (AvgIpc) is 2.54. The van der Waals surface area contributed by atoms with Crippen molar-refractivity contribution in [1.82, 2.24) is 9.55 Å². The van der Waals surface area contributed by atoms with Crippen LogP contribution in [0.3, 0.4) is 0 Å². The monoisotopic (exact) mass is 210 g/mol. The zero-order valence-electron chi connectivity index (χ0n) is 9.07. The van der Waals surface area contributed by atoms with Crippen molar-refractivity contribution >= 4 is 11.7 Å². The van der Waals surface area contributed by atoms with E-state index < -0.39 is 5.91 Å². The van der Waals surface area contributed by atoms with Crippen molar-refractivity contribution in [2.45, 2.75) is 39.2 Å². The number of carbonyl (C=O) groups excluding carboxylic acids is 1. The highest BCUT2D eigenvalue weighted by Crippen LogP contribution is 2.10. The molecule has 0 aliphatic rings. The quantitative estimate of drug-likeness (QED) is 0.690. The minimum absolute atomic E-state index is 0.220. The molecule has 1 aromatic rings. The Hall–Kier alpha value is -1.52. The van der Waals surface area contributed by atoms with Gasteiger partial charge in [-0.2, -0.15) is 0 Å². The zero-order chi connectivity index (χ0) is 11.3. The van der Waals surface area contributed by atoms with Crippen LogP contribution in [0.15, 0.2) is 6.33 Å². The number of imidazole rings is 1. The maximum Gasteiger partial charge on any atom is 0.269 e. The van der Waals surface area contributed by atoms with Crippen LogP contribution < -0.4 is 11.5 Å². The predicted octanol–water partition coefficient (Wildman–Crippen LogP) is 1.14. The molecule has 5 nitrogen and oxygen atoms in total. The minimum Gasteiger partial charge on any atom is -0.382 e. The van der Waals surface area contributed by atoms with Crippen LogP contribution in [0.4, 0.5) is 5.82 Å². The van der Waals surface area contributed by atoms with Gasteiger partial charge in [0.15, 0.2) is 11.5 Å². The number of aryl methyl sites for hydroxylation is 1. The Morgan fingerprint density at radius 2 is 2.20 bits per heavy atom. The lowest BCUT2D eigenvalue weighted by atomic mass is 10.2. The fourth-order valence-electron chi connectivity index (χ4n) is 1.54. The van der Waals surface area contributed by atoms with Crippen LogP contribution in [0, 0.1) is 0 Å². The maximum atomic E-state index is 11.1. The third-order valence-electron chi connectivity index (χ3n) is 2.35. The summed E-state index contributed by atoms with van der Waals surface area (Å²) in [6.07, 6.45) is 6.13. The first-order valence-electron chi connectivity index (χ1n) is 5.27. The molecule has 0 saturated carbocycles. The number of hydrogen-bond acceptors (Lipinski definition) is 3. The van der Waals surface area contributed by atoms with E-state index in [0.717, 1.165) is 19.4 Å². The number of aromatic nitrogens is 2. The van der Waals surface area contributed by atoms with Crippen molar-refractivity contribution in [3.05, 3.63) is 12.0 Å². The van der Waals surface area contributed by atoms with E-state index in [1.54, 1.807) is 10.9 Å². The Bertz CT molecular complexity index is 332. The van der Waals surface area contributed by atoms with Crippen molar-refractivity contribution in [2.24, 2.45) is 5.73 Å². The zero-order valence-corrected chi connectivity index (χ0v) is 9.07. The molecule has 0 radical (unpaired) electrons. The first-order chi connectivity index (χ1) is 7.16. The normalized spacial score (nSPS) is 10.5. The second-order valence-electron chi connectivity index (χ2n) is 3.60. The summed E-state index contributed by atoms with van der Waals surface area (Å²) < 4.78 is 1.73. The number of nitrogen functional groups attached to an aromatic ring is 1. The second-order valence-corrected chi connectivity index (χ2v) is 3.60. The molecular weight excluding hydrogens is 192 g/mol. The average molecular weight is 210 g/mol. The lowest BCUT2D eigenvalue weighted by molar-refractivity contribution is 0.0992. The number of unbranched alkanes of at least 4 members (excludes halogenated alkanes) is 3. The first-order valence-corrected chi connectivity index (χ1v) is 5.27. The Balaban J connectivity index is 2.57. The number of carbonyl (C=O) groups is 1. The lowest BCUT2D eigenvalue weighted by Gasteiger charge is -2.05. The summed E-state index contributed by atoms with van der Waals surface area (Å²) in [7, 11) is 0. The molecule has 0 spiro atoms. The number of nitrogens with zero attached hydrogens (tertiary/aromatic N) is 2. The third kappa shape index (κ3) is 2.97. The maximum absolute atomic E-state index is 11.1. The van der Waals surface area contributed by atoms with Crippen LogP contribution in [0.2, 0.25) is 0 Å². The molecule has 4 N–H and O–H groups in total. The lowest BCUT2D eigenvalue weighted by Crippen LogP contribution is -2.18. The molecule has 0 saturated heterocycles. The Kier molecular flexibility index (Phi) is 4.15. The molecule has 1 aromatic heterocycles. The standard InChI is InChI=1S/C10H18N4O/c1-2-3-4-5-6-14-7-13-9(11)8(14)10(12)15/h7H,2-6,11H2,1H3,(H2,12,15). The van der Waals surface area contributed by atoms with Gasteiger partial charge in [-0.1, -0.05) is 26.2 Å². The van der Waals surface area contributed by atoms with Gasteiger partial charge in [0.25, 0.3) is 5.91 Å². The van der Waals surface area contributed by atoms with E-state index in [1.807, 2.05) is 0 Å². The van der Waals surface area contributed by atoms with Gasteiger partial charge in [-0.05, 0) is 6.42 Å². The van der Waals surface area contributed by atoms with Crippen molar-refractivity contribution in [3.63, 3.8) is 0 Å². The topological polar surface area (TPSA) is 86.9 Å². The number of rotatable bonds is 6. The summed E-state index contributed by atoms with van der Waals surface area (Å²) in [5.74, 6) is -0.293. The largest absolute Gasteiger partial charge is 0.382 e. The fourth-order valence-corrected chi connectivity index (χ4v) is 1.54. The van der Waals surface area contributed by atoms with Crippen molar-refractivity contribution in [2.75, 3.05) is 5.73 Å². The Morgan fingerprint density at radius 1 is 1.47 bits per heavy atom. The molecule has 15 heavy (non-hydrogen) atoms. The van der Waals surface area contributed by atoms with Crippen LogP contribution in [-0.2, 0) is 6.54 Å². The molecule has 84 valence electrons. The van der Waals surface area contributed by atoms with E-state index >= 15 is 0 Å². The first kappa shape index (κ1) is 11.6. The van der Waals surface area contributed by atoms with Gasteiger partial charge in [-0.3, -0.25) is 4.79 Å². The number of primary amides is 1. The van der Waals surface area contributed by atoms with Gasteiger partial charge < -0.3 is 16.0 Å². The van der Waals surface area contributed by atoms with Crippen LogP contribution >= 0.6 is 0 Å². The molecule has 0 bridgehead atoms. The number of nitrogens with two attached hydrogens (primary N) is 2. The van der Waals surface area contributed by atoms with Gasteiger partial charge in [-0.25, -0.2) is 4.98 Å². The summed E-state index contributed by atoms with van der Waals surface area (Å²) in [5.41, 5.74) is 11.1. The molecule has 0 aliphatic heterocycles. The molecule has 1 rings (SSSR count). The molecule has 0 aliphatic carbocycles. The molecule has 0 atom stereocenters. The number of anilines is 1. The van der Waals surface area contributed by atoms with E-state index in [4.69, 9.17) is 11.5 Å². The van der Waals surface area contributed by atoms with Gasteiger partial charge >= 0.3 is 0 Å². The molecule has 0 fully saturated rings. The van der Waals surface area contributed by atoms with Gasteiger partial charge in [0.05, 0.1) is 6.33 Å². The van der Waals surface area contributed by atoms with Gasteiger partial charge in [-0.15, -0.1) is 0 Å². The second kappa shape index (κ2) is 5.38. The summed E-state index contributed by atoms with van der Waals surface area (Å²) >= 11 is 0. The van der Waals surface area contributed by atoms with Crippen LogP contribution in [0.25, 0.3) is 0 Å². The third-order valence-corrected chi connectivity index (χ3v) is 2.35. The molecular formula is C10H18N4O. The smallest absolute Gasteiger partial charge is 0.269 e. The van der Waals surface area contributed by atoms with Gasteiger partial charge in [0, 0.05) is 6.54 Å². The molecule has 1 amide bonds. The summed E-state index contributed by atoms with van der Waals surface area (Å²) in [6, 6.07) is 0. The number of amides is 1. The molecule has 0 aromatic carbocycles. The SMILES string of the molecule is CCCCCCn1cnc(N)c1C(N)=O. The van der Waals surface area contributed by atoms with Crippen molar-refractivity contribution in [3.8, 4) is 0 Å². The van der Waals surface area contributed by atoms with Crippen LogP contribution in [0.5, 0.6) is 0 Å².